The van der Waals surface area contributed by atoms with E-state index in [1.807, 2.05) is 28.1 Å². The van der Waals surface area contributed by atoms with Crippen molar-refractivity contribution in [2.45, 2.75) is 25.4 Å². The lowest BCUT2D eigenvalue weighted by Gasteiger charge is -2.22. The molecule has 22 heavy (non-hydrogen) atoms. The van der Waals surface area contributed by atoms with Gasteiger partial charge in [-0.2, -0.15) is 4.98 Å². The van der Waals surface area contributed by atoms with Crippen LogP contribution < -0.4 is 5.32 Å². The average molecular weight is 327 g/mol. The molecule has 120 valence electrons. The summed E-state index contributed by atoms with van der Waals surface area (Å²) in [5.74, 6) is 0.515. The van der Waals surface area contributed by atoms with Gasteiger partial charge in [0.2, 0.25) is 5.89 Å². The number of likely N-dealkylation sites (N-methyl/N-ethyl adjacent to an activating group) is 1. The van der Waals surface area contributed by atoms with Crippen LogP contribution in [0.15, 0.2) is 22.7 Å². The van der Waals surface area contributed by atoms with Crippen molar-refractivity contribution in [3.05, 3.63) is 46.3 Å². The van der Waals surface area contributed by atoms with Crippen molar-refractivity contribution in [2.75, 3.05) is 21.1 Å². The first-order valence-corrected chi connectivity index (χ1v) is 7.42. The summed E-state index contributed by atoms with van der Waals surface area (Å²) in [6, 6.07) is 4.29. The molecule has 0 saturated heterocycles. The zero-order chi connectivity index (χ0) is 16.3. The molecule has 1 N–H and O–H groups in total. The summed E-state index contributed by atoms with van der Waals surface area (Å²) in [5, 5.41) is 7.42. The Balaban J connectivity index is 2.37. The van der Waals surface area contributed by atoms with E-state index in [0.29, 0.717) is 28.7 Å². The molecule has 2 aromatic rings. The number of rotatable bonds is 6. The average Bonchev–Trinajstić information content (AvgIpc) is 2.90. The lowest BCUT2D eigenvalue weighted by molar-refractivity contribution is 0.256. The van der Waals surface area contributed by atoms with E-state index in [9.17, 15) is 4.39 Å². The third-order valence-corrected chi connectivity index (χ3v) is 3.82. The molecule has 2 unspecified atom stereocenters. The molecule has 0 aliphatic rings. The molecule has 1 aromatic carbocycles. The van der Waals surface area contributed by atoms with E-state index in [4.69, 9.17) is 16.1 Å². The molecule has 1 heterocycles. The number of halogens is 2. The second-order valence-corrected chi connectivity index (χ2v) is 5.85. The number of benzene rings is 1. The van der Waals surface area contributed by atoms with Crippen LogP contribution in [0.5, 0.6) is 0 Å². The summed E-state index contributed by atoms with van der Waals surface area (Å²) in [7, 11) is 5.49. The van der Waals surface area contributed by atoms with Crippen molar-refractivity contribution in [3.63, 3.8) is 0 Å². The Labute approximate surface area is 134 Å². The molecule has 1 aromatic heterocycles. The summed E-state index contributed by atoms with van der Waals surface area (Å²) in [6.45, 7) is 2.02. The molecule has 0 aliphatic heterocycles. The molecule has 7 heteroatoms. The van der Waals surface area contributed by atoms with Crippen LogP contribution in [0.2, 0.25) is 5.02 Å². The minimum absolute atomic E-state index is 0.223. The minimum Gasteiger partial charge on any atom is -0.337 e. The fourth-order valence-electron chi connectivity index (χ4n) is 2.21. The summed E-state index contributed by atoms with van der Waals surface area (Å²) in [4.78, 5) is 6.19. The fourth-order valence-corrected chi connectivity index (χ4v) is 2.48. The van der Waals surface area contributed by atoms with Crippen LogP contribution in [0.4, 0.5) is 4.39 Å². The third-order valence-electron chi connectivity index (χ3n) is 3.49. The number of nitrogens with zero attached hydrogens (tertiary/aromatic N) is 3. The zero-order valence-electron chi connectivity index (χ0n) is 13.1. The van der Waals surface area contributed by atoms with Crippen LogP contribution in [-0.4, -0.2) is 42.2 Å². The van der Waals surface area contributed by atoms with Gasteiger partial charge in [-0.15, -0.1) is 0 Å². The van der Waals surface area contributed by atoms with Gasteiger partial charge in [-0.1, -0.05) is 22.8 Å². The van der Waals surface area contributed by atoms with Gasteiger partial charge >= 0.3 is 0 Å². The highest BCUT2D eigenvalue weighted by molar-refractivity contribution is 6.31. The zero-order valence-corrected chi connectivity index (χ0v) is 13.9. The second kappa shape index (κ2) is 7.17. The lowest BCUT2D eigenvalue weighted by Crippen LogP contribution is -2.24. The molecule has 5 nitrogen and oxygen atoms in total. The van der Waals surface area contributed by atoms with E-state index in [2.05, 4.69) is 15.5 Å². The quantitative estimate of drug-likeness (QED) is 0.884. The van der Waals surface area contributed by atoms with Crippen LogP contribution in [0.1, 0.15) is 30.2 Å². The number of aromatic nitrogens is 2. The fraction of sp³-hybridized carbons (Fsp3) is 0.467. The topological polar surface area (TPSA) is 54.2 Å². The monoisotopic (exact) mass is 326 g/mol. The van der Waals surface area contributed by atoms with E-state index < -0.39 is 11.9 Å². The van der Waals surface area contributed by atoms with E-state index in [-0.39, 0.29) is 6.04 Å². The molecule has 0 aliphatic carbocycles. The molecule has 0 fully saturated rings. The van der Waals surface area contributed by atoms with E-state index in [1.54, 1.807) is 17.0 Å². The van der Waals surface area contributed by atoms with Crippen molar-refractivity contribution in [3.8, 4) is 0 Å². The molecule has 2 atom stereocenters. The maximum Gasteiger partial charge on any atom is 0.248 e. The Morgan fingerprint density at radius 1 is 1.41 bits per heavy atom. The standard InChI is InChI=1S/C15H20ClFN4O/c1-9(18-2)8-12-19-15(22-20-12)14(21(3)4)13-10(16)6-5-7-11(13)17/h5-7,9,14,18H,8H2,1-4H3. The van der Waals surface area contributed by atoms with E-state index in [1.165, 1.54) is 6.07 Å². The normalized spacial score (nSPS) is 14.3. The predicted molar refractivity (Wildman–Crippen MR) is 83.5 cm³/mol. The second-order valence-electron chi connectivity index (χ2n) is 5.44. The van der Waals surface area contributed by atoms with Gasteiger partial charge in [0.15, 0.2) is 5.82 Å². The summed E-state index contributed by atoms with van der Waals surface area (Å²) in [5.41, 5.74) is 0.339. The number of nitrogens with one attached hydrogen (secondary N) is 1. The Hall–Kier alpha value is -1.50. The molecular formula is C15H20ClFN4O. The van der Waals surface area contributed by atoms with Crippen LogP contribution in [0, 0.1) is 5.82 Å². The third kappa shape index (κ3) is 3.63. The Morgan fingerprint density at radius 2 is 2.14 bits per heavy atom. The minimum atomic E-state index is -0.528. The van der Waals surface area contributed by atoms with Crippen LogP contribution in [-0.2, 0) is 6.42 Å². The molecule has 0 saturated carbocycles. The molecule has 0 bridgehead atoms. The highest BCUT2D eigenvalue weighted by Gasteiger charge is 2.28. The van der Waals surface area contributed by atoms with Gasteiger partial charge in [0.1, 0.15) is 11.9 Å². The van der Waals surface area contributed by atoms with Crippen LogP contribution in [0.3, 0.4) is 0 Å². The van der Waals surface area contributed by atoms with Crippen LogP contribution >= 0.6 is 11.6 Å². The molecule has 0 radical (unpaired) electrons. The first-order valence-electron chi connectivity index (χ1n) is 7.04. The summed E-state index contributed by atoms with van der Waals surface area (Å²) >= 11 is 6.17. The van der Waals surface area contributed by atoms with Crippen molar-refractivity contribution in [1.82, 2.24) is 20.4 Å². The predicted octanol–water partition coefficient (Wildman–Crippen LogP) is 2.66. The van der Waals surface area contributed by atoms with Gasteiger partial charge < -0.3 is 9.84 Å². The highest BCUT2D eigenvalue weighted by atomic mass is 35.5. The van der Waals surface area contributed by atoms with Crippen molar-refractivity contribution in [1.29, 1.82) is 0 Å². The van der Waals surface area contributed by atoms with Gasteiger partial charge in [0.05, 0.1) is 0 Å². The summed E-state index contributed by atoms with van der Waals surface area (Å²) < 4.78 is 19.5. The molecule has 0 spiro atoms. The first-order chi connectivity index (χ1) is 10.4. The van der Waals surface area contributed by atoms with Crippen LogP contribution in [0.25, 0.3) is 0 Å². The number of hydrogen-bond donors (Lipinski definition) is 1. The highest BCUT2D eigenvalue weighted by Crippen LogP contribution is 2.33. The Morgan fingerprint density at radius 3 is 2.73 bits per heavy atom. The van der Waals surface area contributed by atoms with Gasteiger partial charge in [-0.05, 0) is 40.2 Å². The van der Waals surface area contributed by atoms with Crippen molar-refractivity contribution < 1.29 is 8.91 Å². The molecule has 0 amide bonds. The molecular weight excluding hydrogens is 307 g/mol. The van der Waals surface area contributed by atoms with Gasteiger partial charge in [0, 0.05) is 23.0 Å². The van der Waals surface area contributed by atoms with Gasteiger partial charge in [-0.3, -0.25) is 4.90 Å². The van der Waals surface area contributed by atoms with Gasteiger partial charge in [0.25, 0.3) is 0 Å². The maximum absolute atomic E-state index is 14.2. The SMILES string of the molecule is CNC(C)Cc1noc(C(c2c(F)cccc2Cl)N(C)C)n1. The number of hydrogen-bond acceptors (Lipinski definition) is 5. The van der Waals surface area contributed by atoms with E-state index in [0.717, 1.165) is 0 Å². The largest absolute Gasteiger partial charge is 0.337 e. The van der Waals surface area contributed by atoms with Gasteiger partial charge in [-0.25, -0.2) is 4.39 Å². The maximum atomic E-state index is 14.2. The van der Waals surface area contributed by atoms with Crippen molar-refractivity contribution in [2.24, 2.45) is 0 Å². The Kier molecular flexibility index (Phi) is 5.50. The molecule has 2 rings (SSSR count). The summed E-state index contributed by atoms with van der Waals surface area (Å²) in [6.07, 6.45) is 0.630. The lowest BCUT2D eigenvalue weighted by atomic mass is 10.1. The van der Waals surface area contributed by atoms with E-state index >= 15 is 0 Å². The van der Waals surface area contributed by atoms with Crippen molar-refractivity contribution >= 4 is 11.6 Å². The smallest absolute Gasteiger partial charge is 0.248 e. The Bertz CT molecular complexity index is 612. The first kappa shape index (κ1) is 16.9.